The Bertz CT molecular complexity index is 869. The molecule has 4 rings (SSSR count). The molecule has 0 spiro atoms. The highest BCUT2D eigenvalue weighted by Gasteiger charge is 2.30. The third-order valence-corrected chi connectivity index (χ3v) is 4.92. The van der Waals surface area contributed by atoms with E-state index >= 15 is 0 Å². The second kappa shape index (κ2) is 6.66. The number of hydrogen-bond donors (Lipinski definition) is 0. The molecule has 0 aliphatic carbocycles. The molecule has 130 valence electrons. The van der Waals surface area contributed by atoms with Crippen molar-refractivity contribution in [3.63, 3.8) is 0 Å². The summed E-state index contributed by atoms with van der Waals surface area (Å²) in [5, 5.41) is 4.27. The molecule has 1 atom stereocenters. The minimum Gasteiger partial charge on any atom is -0.334 e. The third-order valence-electron chi connectivity index (χ3n) is 4.92. The number of rotatable bonds is 4. The molecule has 1 aliphatic rings. The van der Waals surface area contributed by atoms with Gasteiger partial charge in [0, 0.05) is 43.9 Å². The van der Waals surface area contributed by atoms with Crippen LogP contribution in [-0.4, -0.2) is 47.5 Å². The standard InChI is InChI=1S/C18H22N6O/c1-14-16(24-12-4-8-19-18(24)21-14)17(25)23-11-3-2-6-15(23)7-13-22-10-5-9-20-22/h4-5,8-10,12,15H,2-3,6-7,11,13H2,1H3/t15-/m0/s1. The van der Waals surface area contributed by atoms with Crippen molar-refractivity contribution < 1.29 is 4.79 Å². The third kappa shape index (κ3) is 3.01. The Morgan fingerprint density at radius 3 is 2.96 bits per heavy atom. The summed E-state index contributed by atoms with van der Waals surface area (Å²) < 4.78 is 3.73. The Kier molecular flexibility index (Phi) is 4.21. The van der Waals surface area contributed by atoms with E-state index in [0.29, 0.717) is 11.5 Å². The van der Waals surface area contributed by atoms with Gasteiger partial charge < -0.3 is 4.90 Å². The van der Waals surface area contributed by atoms with Crippen molar-refractivity contribution >= 4 is 11.7 Å². The van der Waals surface area contributed by atoms with Crippen molar-refractivity contribution in [2.24, 2.45) is 0 Å². The molecule has 0 radical (unpaired) electrons. The Morgan fingerprint density at radius 2 is 2.12 bits per heavy atom. The maximum absolute atomic E-state index is 13.3. The van der Waals surface area contributed by atoms with E-state index in [-0.39, 0.29) is 11.9 Å². The van der Waals surface area contributed by atoms with Crippen LogP contribution in [0, 0.1) is 6.92 Å². The molecule has 3 aromatic heterocycles. The van der Waals surface area contributed by atoms with Crippen LogP contribution in [-0.2, 0) is 6.54 Å². The number of carbonyl (C=O) groups is 1. The van der Waals surface area contributed by atoms with Crippen LogP contribution in [0.2, 0.25) is 0 Å². The van der Waals surface area contributed by atoms with Crippen LogP contribution in [0.25, 0.3) is 5.78 Å². The quantitative estimate of drug-likeness (QED) is 0.732. The van der Waals surface area contributed by atoms with Gasteiger partial charge in [-0.3, -0.25) is 13.9 Å². The molecule has 3 aromatic rings. The summed E-state index contributed by atoms with van der Waals surface area (Å²) in [7, 11) is 0. The van der Waals surface area contributed by atoms with Gasteiger partial charge in [0.15, 0.2) is 0 Å². The Morgan fingerprint density at radius 1 is 1.24 bits per heavy atom. The Balaban J connectivity index is 1.58. The number of imidazole rings is 1. The molecule has 1 aliphatic heterocycles. The molecule has 0 aromatic carbocycles. The van der Waals surface area contributed by atoms with E-state index < -0.39 is 0 Å². The molecular weight excluding hydrogens is 316 g/mol. The van der Waals surface area contributed by atoms with Crippen molar-refractivity contribution in [1.29, 1.82) is 0 Å². The number of nitrogens with zero attached hydrogens (tertiary/aromatic N) is 6. The molecule has 1 amide bonds. The summed E-state index contributed by atoms with van der Waals surface area (Å²) in [6.45, 7) is 3.51. The van der Waals surface area contributed by atoms with Gasteiger partial charge in [-0.25, -0.2) is 9.97 Å². The SMILES string of the molecule is Cc1nc2ncccn2c1C(=O)N1CCCC[C@H]1CCn1cccn1. The van der Waals surface area contributed by atoms with Crippen LogP contribution in [0.4, 0.5) is 0 Å². The second-order valence-corrected chi connectivity index (χ2v) is 6.54. The Labute approximate surface area is 146 Å². The van der Waals surface area contributed by atoms with E-state index in [1.165, 1.54) is 6.42 Å². The fraction of sp³-hybridized carbons (Fsp3) is 0.444. The molecule has 4 heterocycles. The summed E-state index contributed by atoms with van der Waals surface area (Å²) in [4.78, 5) is 24.0. The van der Waals surface area contributed by atoms with Gasteiger partial charge in [-0.1, -0.05) is 0 Å². The summed E-state index contributed by atoms with van der Waals surface area (Å²) in [6, 6.07) is 4.00. The van der Waals surface area contributed by atoms with Gasteiger partial charge in [0.1, 0.15) is 5.69 Å². The molecule has 0 saturated carbocycles. The fourth-order valence-electron chi connectivity index (χ4n) is 3.67. The van der Waals surface area contributed by atoms with Crippen LogP contribution in [0.5, 0.6) is 0 Å². The summed E-state index contributed by atoms with van der Waals surface area (Å²) in [6.07, 6.45) is 11.5. The van der Waals surface area contributed by atoms with Gasteiger partial charge in [-0.15, -0.1) is 0 Å². The van der Waals surface area contributed by atoms with Gasteiger partial charge in [0.05, 0.1) is 5.69 Å². The zero-order valence-corrected chi connectivity index (χ0v) is 14.4. The molecule has 0 unspecified atom stereocenters. The molecule has 0 bridgehead atoms. The first kappa shape index (κ1) is 15.8. The highest BCUT2D eigenvalue weighted by atomic mass is 16.2. The van der Waals surface area contributed by atoms with Gasteiger partial charge in [-0.05, 0) is 44.7 Å². The number of aryl methyl sites for hydroxylation is 2. The summed E-state index contributed by atoms with van der Waals surface area (Å²) >= 11 is 0. The monoisotopic (exact) mass is 338 g/mol. The van der Waals surface area contributed by atoms with E-state index in [1.54, 1.807) is 16.8 Å². The number of fused-ring (bicyclic) bond motifs is 1. The minimum absolute atomic E-state index is 0.0585. The number of piperidine rings is 1. The first-order chi connectivity index (χ1) is 12.2. The van der Waals surface area contributed by atoms with E-state index in [1.807, 2.05) is 41.0 Å². The molecule has 7 nitrogen and oxygen atoms in total. The molecule has 7 heteroatoms. The number of carbonyl (C=O) groups excluding carboxylic acids is 1. The largest absolute Gasteiger partial charge is 0.334 e. The number of amides is 1. The normalized spacial score (nSPS) is 18.0. The predicted octanol–water partition coefficient (Wildman–Crippen LogP) is 2.32. The highest BCUT2D eigenvalue weighted by molar-refractivity contribution is 5.94. The number of aromatic nitrogens is 5. The molecule has 0 N–H and O–H groups in total. The van der Waals surface area contributed by atoms with Crippen LogP contribution in [0.15, 0.2) is 36.9 Å². The van der Waals surface area contributed by atoms with E-state index in [0.717, 1.165) is 38.0 Å². The van der Waals surface area contributed by atoms with E-state index in [9.17, 15) is 4.79 Å². The minimum atomic E-state index is 0.0585. The lowest BCUT2D eigenvalue weighted by Crippen LogP contribution is -2.44. The van der Waals surface area contributed by atoms with Crippen LogP contribution >= 0.6 is 0 Å². The van der Waals surface area contributed by atoms with Gasteiger partial charge >= 0.3 is 0 Å². The zero-order chi connectivity index (χ0) is 17.2. The first-order valence-corrected chi connectivity index (χ1v) is 8.82. The van der Waals surface area contributed by atoms with Crippen molar-refractivity contribution in [2.45, 2.75) is 45.2 Å². The van der Waals surface area contributed by atoms with Gasteiger partial charge in [0.25, 0.3) is 5.91 Å². The van der Waals surface area contributed by atoms with Crippen molar-refractivity contribution in [2.75, 3.05) is 6.54 Å². The Hall–Kier alpha value is -2.70. The topological polar surface area (TPSA) is 68.3 Å². The average Bonchev–Trinajstić information content (AvgIpc) is 3.26. The van der Waals surface area contributed by atoms with Crippen molar-refractivity contribution in [3.05, 3.63) is 48.3 Å². The molecular formula is C18H22N6O. The number of likely N-dealkylation sites (tertiary alicyclic amines) is 1. The summed E-state index contributed by atoms with van der Waals surface area (Å²) in [5.74, 6) is 0.636. The summed E-state index contributed by atoms with van der Waals surface area (Å²) in [5.41, 5.74) is 1.37. The van der Waals surface area contributed by atoms with Gasteiger partial charge in [0.2, 0.25) is 5.78 Å². The highest BCUT2D eigenvalue weighted by Crippen LogP contribution is 2.24. The maximum Gasteiger partial charge on any atom is 0.273 e. The lowest BCUT2D eigenvalue weighted by Gasteiger charge is -2.36. The van der Waals surface area contributed by atoms with Crippen LogP contribution in [0.1, 0.15) is 41.9 Å². The average molecular weight is 338 g/mol. The fourth-order valence-corrected chi connectivity index (χ4v) is 3.67. The zero-order valence-electron chi connectivity index (χ0n) is 14.4. The first-order valence-electron chi connectivity index (χ1n) is 8.82. The van der Waals surface area contributed by atoms with E-state index in [4.69, 9.17) is 0 Å². The molecule has 1 saturated heterocycles. The number of hydrogen-bond acceptors (Lipinski definition) is 4. The smallest absolute Gasteiger partial charge is 0.273 e. The lowest BCUT2D eigenvalue weighted by molar-refractivity contribution is 0.0586. The van der Waals surface area contributed by atoms with Crippen LogP contribution in [0.3, 0.4) is 0 Å². The van der Waals surface area contributed by atoms with E-state index in [2.05, 4.69) is 15.1 Å². The molecule has 25 heavy (non-hydrogen) atoms. The van der Waals surface area contributed by atoms with Crippen molar-refractivity contribution in [3.8, 4) is 0 Å². The van der Waals surface area contributed by atoms with Crippen molar-refractivity contribution in [1.82, 2.24) is 29.0 Å². The molecule has 1 fully saturated rings. The van der Waals surface area contributed by atoms with Crippen LogP contribution < -0.4 is 0 Å². The predicted molar refractivity (Wildman–Crippen MR) is 93.2 cm³/mol. The maximum atomic E-state index is 13.3. The second-order valence-electron chi connectivity index (χ2n) is 6.54. The lowest BCUT2D eigenvalue weighted by atomic mass is 9.98. The van der Waals surface area contributed by atoms with Gasteiger partial charge in [-0.2, -0.15) is 5.10 Å².